The zero-order valence-corrected chi connectivity index (χ0v) is 66.3. The van der Waals surface area contributed by atoms with Gasteiger partial charge in [-0.15, -0.1) is 0 Å². The number of aromatic amines is 3. The zero-order chi connectivity index (χ0) is 72.0. The minimum absolute atomic E-state index is 0.297. The molecule has 0 bridgehead atoms. The van der Waals surface area contributed by atoms with Crippen LogP contribution in [0.15, 0.2) is 31.7 Å². The summed E-state index contributed by atoms with van der Waals surface area (Å²) in [5, 5.41) is 0.438. The van der Waals surface area contributed by atoms with E-state index in [0.29, 0.717) is 39.3 Å². The number of halogens is 10. The van der Waals surface area contributed by atoms with Crippen LogP contribution >= 0.6 is 129 Å². The lowest BCUT2D eigenvalue weighted by atomic mass is 9.76. The van der Waals surface area contributed by atoms with Crippen LogP contribution in [0.25, 0.3) is 11.1 Å². The first-order chi connectivity index (χ1) is 42.6. The summed E-state index contributed by atoms with van der Waals surface area (Å²) >= 11 is 49.0. The van der Waals surface area contributed by atoms with Gasteiger partial charge in [-0.2, -0.15) is 0 Å². The van der Waals surface area contributed by atoms with Crippen LogP contribution in [0.4, 0.5) is 0 Å². The minimum Gasteiger partial charge on any atom is -0.464 e. The number of alkyl halides is 6. The maximum absolute atomic E-state index is 12.0. The van der Waals surface area contributed by atoms with Gasteiger partial charge in [0.05, 0.1) is 51.0 Å². The number of pyridine rings is 1. The number of nitrogens with zero attached hydrogens (tertiary/aromatic N) is 4. The molecule has 0 radical (unpaired) electrons. The molecular weight excluding hydrogens is 1550 g/mol. The number of hydrogen-bond acceptors (Lipinski definition) is 13. The lowest BCUT2D eigenvalue weighted by molar-refractivity contribution is 0.00578. The van der Waals surface area contributed by atoms with Crippen molar-refractivity contribution in [3.05, 3.63) is 144 Å². The first-order valence-corrected chi connectivity index (χ1v) is 33.1. The van der Waals surface area contributed by atoms with Gasteiger partial charge in [-0.3, -0.25) is 9.59 Å². The number of nitrogens with one attached hydrogen (secondary N) is 3. The summed E-state index contributed by atoms with van der Waals surface area (Å²) in [5.41, 5.74) is 16.7. The van der Waals surface area contributed by atoms with Crippen LogP contribution in [0.3, 0.4) is 0 Å². The Hall–Kier alpha value is -4.50. The molecule has 1 aliphatic heterocycles. The molecule has 0 saturated carbocycles. The van der Waals surface area contributed by atoms with Gasteiger partial charge in [0.25, 0.3) is 7.59 Å². The number of ketones is 2. The number of aromatic nitrogens is 7. The van der Waals surface area contributed by atoms with E-state index in [9.17, 15) is 28.8 Å². The standard InChI is InChI=1S/C15H24BNO4.C15H17ClN2O2.C9H12BrNO2.C8H7BrCl3NO.C8H10BrNO2.C8H8Cl3NO/c1-9-11(10(2)17(7)12(9)13(18)19-8)16-20-14(3,4)15(5,6)21-16;1-8-7-17-12(16)6-11(8)13-9(2)14(15(19)20-5)18(4)10(13)3;1-5-7(10)6(2)11(3)8(5)9(12)13-4;1-3-5(9)4(2)13-6(3)7(14)8(10,11)12;1-4-6(9)5(2)10-7(4)8(11)12-3;1-4-3-5(2)12-6(4)7(13)8(9,10)11/h1-8H3;6-7H,1-5H3;1-4H3;13H,1-2H3;10H,1-3H3;3,12H,1-2H3. The van der Waals surface area contributed by atoms with Crippen molar-refractivity contribution in [1.29, 1.82) is 0 Å². The van der Waals surface area contributed by atoms with Gasteiger partial charge in [-0.1, -0.05) is 81.2 Å². The van der Waals surface area contributed by atoms with Crippen molar-refractivity contribution < 1.29 is 57.0 Å². The molecule has 7 aromatic heterocycles. The Morgan fingerprint density at radius 1 is 0.505 bits per heavy atom. The largest absolute Gasteiger partial charge is 0.496 e. The first kappa shape index (κ1) is 82.7. The summed E-state index contributed by atoms with van der Waals surface area (Å²) in [5.74, 6) is -2.38. The fourth-order valence-corrected chi connectivity index (χ4v) is 11.6. The molecule has 3 N–H and O–H groups in total. The first-order valence-electron chi connectivity index (χ1n) is 28.1. The molecule has 8 heterocycles. The minimum atomic E-state index is -1.92. The summed E-state index contributed by atoms with van der Waals surface area (Å²) in [6.45, 7) is 32.6. The highest BCUT2D eigenvalue weighted by molar-refractivity contribution is 9.11. The molecule has 0 aromatic carbocycles. The Bertz CT molecular complexity index is 3920. The molecule has 0 atom stereocenters. The van der Waals surface area contributed by atoms with Crippen molar-refractivity contribution in [1.82, 2.24) is 33.6 Å². The van der Waals surface area contributed by atoms with Gasteiger partial charge >= 0.3 is 31.0 Å². The van der Waals surface area contributed by atoms with Crippen LogP contribution < -0.4 is 5.46 Å². The normalized spacial score (nSPS) is 12.9. The Labute approximate surface area is 604 Å². The van der Waals surface area contributed by atoms with E-state index in [1.165, 1.54) is 28.4 Å². The van der Waals surface area contributed by atoms with Crippen molar-refractivity contribution in [3.8, 4) is 11.1 Å². The number of ether oxygens (including phenoxy) is 4. The topological polar surface area (TPSA) is 233 Å². The van der Waals surface area contributed by atoms with E-state index in [1.54, 1.807) is 20.0 Å². The molecule has 0 amide bonds. The Morgan fingerprint density at radius 3 is 1.26 bits per heavy atom. The summed E-state index contributed by atoms with van der Waals surface area (Å²) in [7, 11) is 10.6. The molecule has 8 rings (SSSR count). The van der Waals surface area contributed by atoms with Gasteiger partial charge in [0.2, 0.25) is 11.6 Å². The van der Waals surface area contributed by atoms with Crippen LogP contribution in [0.5, 0.6) is 0 Å². The molecule has 93 heavy (non-hydrogen) atoms. The lowest BCUT2D eigenvalue weighted by Crippen LogP contribution is -2.41. The van der Waals surface area contributed by atoms with Gasteiger partial charge in [-0.05, 0) is 222 Å². The summed E-state index contributed by atoms with van der Waals surface area (Å²) in [6.07, 6.45) is 1.74. The summed E-state index contributed by atoms with van der Waals surface area (Å²) in [4.78, 5) is 82.2. The quantitative estimate of drug-likeness (QED) is 0.0321. The van der Waals surface area contributed by atoms with Crippen LogP contribution in [0.1, 0.15) is 164 Å². The highest BCUT2D eigenvalue weighted by Crippen LogP contribution is 2.39. The molecular formula is C63H78BBr3Cl7N7O12. The van der Waals surface area contributed by atoms with Gasteiger partial charge < -0.3 is 56.9 Å². The summed E-state index contributed by atoms with van der Waals surface area (Å²) < 4.78 is 35.7. The predicted octanol–water partition coefficient (Wildman–Crippen LogP) is 16.7. The third-order valence-electron chi connectivity index (χ3n) is 15.9. The molecule has 510 valence electrons. The van der Waals surface area contributed by atoms with E-state index in [-0.39, 0.29) is 23.9 Å². The highest BCUT2D eigenvalue weighted by atomic mass is 79.9. The Kier molecular flexibility index (Phi) is 29.5. The number of aryl methyl sites for hydroxylation is 5. The molecule has 1 fully saturated rings. The third-order valence-corrected chi connectivity index (χ3v) is 20.7. The van der Waals surface area contributed by atoms with Gasteiger partial charge in [0.1, 0.15) is 27.9 Å². The van der Waals surface area contributed by atoms with Crippen molar-refractivity contribution >= 4 is 177 Å². The Morgan fingerprint density at radius 2 is 0.892 bits per heavy atom. The molecule has 7 aromatic rings. The van der Waals surface area contributed by atoms with E-state index in [0.717, 1.165) is 103 Å². The van der Waals surface area contributed by atoms with Crippen molar-refractivity contribution in [3.63, 3.8) is 0 Å². The van der Waals surface area contributed by atoms with Crippen molar-refractivity contribution in [2.45, 2.75) is 136 Å². The maximum Gasteiger partial charge on any atom is 0.496 e. The molecule has 19 nitrogen and oxygen atoms in total. The van der Waals surface area contributed by atoms with Crippen LogP contribution in [-0.4, -0.2) is 123 Å². The van der Waals surface area contributed by atoms with Crippen LogP contribution in [-0.2, 0) is 49.4 Å². The number of H-pyrrole nitrogens is 3. The van der Waals surface area contributed by atoms with Gasteiger partial charge in [-0.25, -0.2) is 24.2 Å². The molecule has 30 heteroatoms. The van der Waals surface area contributed by atoms with E-state index in [2.05, 4.69) is 77.2 Å². The molecule has 0 spiro atoms. The number of esters is 4. The molecule has 0 aliphatic carbocycles. The molecule has 1 saturated heterocycles. The maximum atomic E-state index is 12.0. The average Bonchev–Trinajstić information content (AvgIpc) is 1.60. The number of Topliss-reactive ketones (excluding diaryl/α,β-unsaturated/α-hetero) is 2. The fourth-order valence-electron chi connectivity index (χ4n) is 9.79. The second-order valence-corrected chi connectivity index (χ2v) is 30.0. The monoisotopic (exact) mass is 1620 g/mol. The number of hydrogen-bond donors (Lipinski definition) is 3. The number of carbonyl (C=O) groups is 6. The van der Waals surface area contributed by atoms with E-state index >= 15 is 0 Å². The number of rotatable bonds is 8. The lowest BCUT2D eigenvalue weighted by Gasteiger charge is -2.32. The van der Waals surface area contributed by atoms with Gasteiger partial charge in [0, 0.05) is 85.9 Å². The number of methoxy groups -OCH3 is 4. The second kappa shape index (κ2) is 33.2. The smallest absolute Gasteiger partial charge is 0.464 e. The highest BCUT2D eigenvalue weighted by Gasteiger charge is 2.53. The second-order valence-electron chi connectivity index (χ2n) is 22.6. The summed E-state index contributed by atoms with van der Waals surface area (Å²) in [6, 6.07) is 3.65. The molecule has 0 unspecified atom stereocenters. The molecule has 1 aliphatic rings. The van der Waals surface area contributed by atoms with E-state index in [4.69, 9.17) is 100.0 Å². The van der Waals surface area contributed by atoms with Crippen LogP contribution in [0.2, 0.25) is 5.15 Å². The zero-order valence-electron chi connectivity index (χ0n) is 56.3. The SMILES string of the molecule is COC(=O)c1[nH]c(C)c(Br)c1C.COC(=O)c1c(C)c(-c2cc(Cl)ncc2C)c(C)n1C.COC(=O)c1c(C)c(B2OC(C)(C)C(C)(C)O2)c(C)n1C.COC(=O)c1c(C)c(Br)c(C)n1C.Cc1[nH]c(C(=O)C(Cl)(Cl)Cl)c(C)c1Br.Cc1cc(C)c(C(=O)C(Cl)(Cl)Cl)[nH]1. The van der Waals surface area contributed by atoms with E-state index < -0.39 is 37.5 Å². The van der Waals surface area contributed by atoms with Crippen molar-refractivity contribution in [2.75, 3.05) is 28.4 Å². The Balaban J connectivity index is 0.000000295. The fraction of sp³-hybridized carbons (Fsp3) is 0.444. The number of carbonyl (C=O) groups excluding carboxylic acids is 6. The third kappa shape index (κ3) is 19.0. The predicted molar refractivity (Wildman–Crippen MR) is 382 cm³/mol. The van der Waals surface area contributed by atoms with E-state index in [1.807, 2.05) is 151 Å². The van der Waals surface area contributed by atoms with Gasteiger partial charge in [0.15, 0.2) is 0 Å². The van der Waals surface area contributed by atoms with Crippen molar-refractivity contribution in [2.24, 2.45) is 21.1 Å². The average molecular weight is 1620 g/mol. The van der Waals surface area contributed by atoms with Crippen LogP contribution in [0, 0.1) is 90.0 Å².